The summed E-state index contributed by atoms with van der Waals surface area (Å²) >= 11 is 0. The van der Waals surface area contributed by atoms with Crippen molar-refractivity contribution in [3.63, 3.8) is 0 Å². The summed E-state index contributed by atoms with van der Waals surface area (Å²) in [5, 5.41) is 0. The molecule has 0 atom stereocenters. The molecule has 0 heterocycles. The van der Waals surface area contributed by atoms with Crippen LogP contribution in [-0.4, -0.2) is 37.3 Å². The van der Waals surface area contributed by atoms with Crippen molar-refractivity contribution in [3.05, 3.63) is 0 Å². The van der Waals surface area contributed by atoms with E-state index in [1.54, 1.807) is 0 Å². The number of alkyl halides is 1. The fourth-order valence-corrected chi connectivity index (χ4v) is 2.02. The first-order valence-electron chi connectivity index (χ1n) is 4.88. The van der Waals surface area contributed by atoms with Gasteiger partial charge in [0.25, 0.3) is 0 Å². The maximum atomic E-state index is 12.1. The van der Waals surface area contributed by atoms with E-state index in [-0.39, 0.29) is 6.67 Å². The van der Waals surface area contributed by atoms with Gasteiger partial charge < -0.3 is 5.73 Å². The predicted molar refractivity (Wildman–Crippen MR) is 48.9 cm³/mol. The number of hydrogen-bond acceptors (Lipinski definition) is 2. The van der Waals surface area contributed by atoms with E-state index in [4.69, 9.17) is 5.73 Å². The summed E-state index contributed by atoms with van der Waals surface area (Å²) in [6, 6.07) is 0.615. The molecule has 0 spiro atoms. The van der Waals surface area contributed by atoms with E-state index < -0.39 is 0 Å². The van der Waals surface area contributed by atoms with Gasteiger partial charge >= 0.3 is 0 Å². The largest absolute Gasteiger partial charge is 0.329 e. The van der Waals surface area contributed by atoms with Crippen LogP contribution in [0.25, 0.3) is 0 Å². The summed E-state index contributed by atoms with van der Waals surface area (Å²) in [6.07, 6.45) is 5.08. The van der Waals surface area contributed by atoms with E-state index in [9.17, 15) is 4.39 Å². The maximum Gasteiger partial charge on any atom is 0.102 e. The molecule has 0 radical (unpaired) electrons. The van der Waals surface area contributed by atoms with Crippen LogP contribution >= 0.6 is 0 Å². The zero-order valence-corrected chi connectivity index (χ0v) is 7.64. The van der Waals surface area contributed by atoms with Gasteiger partial charge in [-0.1, -0.05) is 12.8 Å². The second-order valence-electron chi connectivity index (χ2n) is 3.45. The molecule has 1 rings (SSSR count). The van der Waals surface area contributed by atoms with Crippen LogP contribution in [0.1, 0.15) is 25.7 Å². The molecule has 2 N–H and O–H groups in total. The Balaban J connectivity index is 2.29. The van der Waals surface area contributed by atoms with Crippen molar-refractivity contribution in [2.45, 2.75) is 31.7 Å². The van der Waals surface area contributed by atoms with Crippen LogP contribution in [0.15, 0.2) is 0 Å². The molecule has 3 heteroatoms. The Morgan fingerprint density at radius 2 is 1.92 bits per heavy atom. The fraction of sp³-hybridized carbons (Fsp3) is 1.00. The molecule has 0 bridgehead atoms. The zero-order valence-electron chi connectivity index (χ0n) is 7.64. The standard InChI is InChI=1S/C9H19FN2/c10-5-7-12(8-6-11)9-3-1-2-4-9/h9H,1-8,11H2. The van der Waals surface area contributed by atoms with Crippen molar-refractivity contribution in [1.82, 2.24) is 4.90 Å². The lowest BCUT2D eigenvalue weighted by Gasteiger charge is -2.26. The van der Waals surface area contributed by atoms with Crippen molar-refractivity contribution in [2.75, 3.05) is 26.3 Å². The highest BCUT2D eigenvalue weighted by molar-refractivity contribution is 4.77. The van der Waals surface area contributed by atoms with Gasteiger partial charge in [-0.25, -0.2) is 4.39 Å². The lowest BCUT2D eigenvalue weighted by atomic mass is 10.2. The molecule has 1 aliphatic rings. The third-order valence-corrected chi connectivity index (χ3v) is 2.63. The number of nitrogens with two attached hydrogens (primary N) is 1. The van der Waals surface area contributed by atoms with Gasteiger partial charge in [-0.15, -0.1) is 0 Å². The Labute approximate surface area is 73.9 Å². The Kier molecular flexibility index (Phi) is 4.54. The Morgan fingerprint density at radius 1 is 1.25 bits per heavy atom. The Morgan fingerprint density at radius 3 is 2.42 bits per heavy atom. The molecule has 0 aromatic rings. The molecule has 12 heavy (non-hydrogen) atoms. The Hall–Kier alpha value is -0.150. The molecule has 1 fully saturated rings. The summed E-state index contributed by atoms with van der Waals surface area (Å²) in [6.45, 7) is 1.84. The van der Waals surface area contributed by atoms with E-state index in [1.165, 1.54) is 25.7 Å². The highest BCUT2D eigenvalue weighted by Gasteiger charge is 2.21. The van der Waals surface area contributed by atoms with E-state index in [0.717, 1.165) is 6.54 Å². The van der Waals surface area contributed by atoms with E-state index in [1.807, 2.05) is 0 Å². The van der Waals surface area contributed by atoms with Crippen molar-refractivity contribution in [1.29, 1.82) is 0 Å². The van der Waals surface area contributed by atoms with Crippen molar-refractivity contribution < 1.29 is 4.39 Å². The number of nitrogens with zero attached hydrogens (tertiary/aromatic N) is 1. The molecule has 1 saturated carbocycles. The van der Waals surface area contributed by atoms with Crippen molar-refractivity contribution >= 4 is 0 Å². The van der Waals surface area contributed by atoms with Gasteiger partial charge in [-0.05, 0) is 12.8 Å². The lowest BCUT2D eigenvalue weighted by molar-refractivity contribution is 0.188. The highest BCUT2D eigenvalue weighted by atomic mass is 19.1. The van der Waals surface area contributed by atoms with Crippen LogP contribution < -0.4 is 5.73 Å². The van der Waals surface area contributed by atoms with Gasteiger partial charge in [-0.3, -0.25) is 4.90 Å². The van der Waals surface area contributed by atoms with Crippen LogP contribution in [0.3, 0.4) is 0 Å². The zero-order chi connectivity index (χ0) is 8.81. The average molecular weight is 174 g/mol. The maximum absolute atomic E-state index is 12.1. The molecule has 72 valence electrons. The molecule has 2 nitrogen and oxygen atoms in total. The van der Waals surface area contributed by atoms with Gasteiger partial charge in [0.2, 0.25) is 0 Å². The van der Waals surface area contributed by atoms with Crippen LogP contribution in [0.2, 0.25) is 0 Å². The van der Waals surface area contributed by atoms with Crippen LogP contribution in [-0.2, 0) is 0 Å². The monoisotopic (exact) mass is 174 g/mol. The third-order valence-electron chi connectivity index (χ3n) is 2.63. The summed E-state index contributed by atoms with van der Waals surface area (Å²) in [5.74, 6) is 0. The first-order valence-corrected chi connectivity index (χ1v) is 4.88. The van der Waals surface area contributed by atoms with E-state index >= 15 is 0 Å². The van der Waals surface area contributed by atoms with Gasteiger partial charge in [0.1, 0.15) is 6.67 Å². The minimum atomic E-state index is -0.240. The van der Waals surface area contributed by atoms with Gasteiger partial charge in [0, 0.05) is 25.7 Å². The van der Waals surface area contributed by atoms with Crippen molar-refractivity contribution in [2.24, 2.45) is 5.73 Å². The lowest BCUT2D eigenvalue weighted by Crippen LogP contribution is -2.38. The summed E-state index contributed by atoms with van der Waals surface area (Å²) in [5.41, 5.74) is 5.46. The van der Waals surface area contributed by atoms with Gasteiger partial charge in [-0.2, -0.15) is 0 Å². The first-order chi connectivity index (χ1) is 5.88. The topological polar surface area (TPSA) is 29.3 Å². The van der Waals surface area contributed by atoms with Crippen molar-refractivity contribution in [3.8, 4) is 0 Å². The number of hydrogen-bond donors (Lipinski definition) is 1. The summed E-state index contributed by atoms with van der Waals surface area (Å²) in [4.78, 5) is 2.20. The Bertz CT molecular complexity index is 107. The smallest absolute Gasteiger partial charge is 0.102 e. The quantitative estimate of drug-likeness (QED) is 0.677. The van der Waals surface area contributed by atoms with Crippen LogP contribution in [0.4, 0.5) is 4.39 Å². The predicted octanol–water partition coefficient (Wildman–Crippen LogP) is 1.16. The molecule has 0 amide bonds. The molecular formula is C9H19FN2. The molecule has 0 aliphatic heterocycles. The van der Waals surface area contributed by atoms with E-state index in [0.29, 0.717) is 19.1 Å². The van der Waals surface area contributed by atoms with Gasteiger partial charge in [0.15, 0.2) is 0 Å². The average Bonchev–Trinajstić information content (AvgIpc) is 2.56. The number of halogens is 1. The summed E-state index contributed by atoms with van der Waals surface area (Å²) in [7, 11) is 0. The normalized spacial score (nSPS) is 19.2. The first kappa shape index (κ1) is 9.93. The SMILES string of the molecule is NCCN(CCF)C1CCCC1. The number of rotatable bonds is 5. The second-order valence-corrected chi connectivity index (χ2v) is 3.45. The summed E-state index contributed by atoms with van der Waals surface area (Å²) < 4.78 is 12.1. The molecule has 0 aromatic carbocycles. The van der Waals surface area contributed by atoms with Crippen LogP contribution in [0.5, 0.6) is 0 Å². The minimum Gasteiger partial charge on any atom is -0.329 e. The minimum absolute atomic E-state index is 0.240. The molecule has 0 aromatic heterocycles. The highest BCUT2D eigenvalue weighted by Crippen LogP contribution is 2.22. The molecule has 0 unspecified atom stereocenters. The molecular weight excluding hydrogens is 155 g/mol. The molecule has 1 aliphatic carbocycles. The van der Waals surface area contributed by atoms with E-state index in [2.05, 4.69) is 4.90 Å². The molecule has 0 saturated heterocycles. The van der Waals surface area contributed by atoms with Gasteiger partial charge in [0.05, 0.1) is 0 Å². The van der Waals surface area contributed by atoms with Crippen LogP contribution in [0, 0.1) is 0 Å². The second kappa shape index (κ2) is 5.49. The third kappa shape index (κ3) is 2.72. The fourth-order valence-electron chi connectivity index (χ4n) is 2.02.